The number of likely N-dealkylation sites (tertiary alicyclic amines) is 1. The molecule has 1 aromatic rings. The van der Waals surface area contributed by atoms with Gasteiger partial charge in [-0.15, -0.1) is 0 Å². The fraction of sp³-hybridized carbons (Fsp3) is 0.385. The van der Waals surface area contributed by atoms with Crippen molar-refractivity contribution in [1.29, 1.82) is 0 Å². The van der Waals surface area contributed by atoms with Crippen molar-refractivity contribution in [2.24, 2.45) is 10.9 Å². The highest BCUT2D eigenvalue weighted by atomic mass is 79.9. The van der Waals surface area contributed by atoms with Crippen LogP contribution in [0.2, 0.25) is 5.02 Å². The van der Waals surface area contributed by atoms with E-state index in [1.807, 2.05) is 0 Å². The zero-order valence-corrected chi connectivity index (χ0v) is 13.1. The molecule has 1 aromatic carbocycles. The molecule has 1 heterocycles. The van der Waals surface area contributed by atoms with Gasteiger partial charge in [0.05, 0.1) is 16.6 Å². The number of amides is 1. The summed E-state index contributed by atoms with van der Waals surface area (Å²) >= 11 is 9.47. The summed E-state index contributed by atoms with van der Waals surface area (Å²) in [5.41, 5.74) is 6.10. The maximum atomic E-state index is 12.6. The fourth-order valence-electron chi connectivity index (χ4n) is 2.37. The van der Waals surface area contributed by atoms with Crippen LogP contribution in [0.5, 0.6) is 0 Å². The number of amidine groups is 1. The van der Waals surface area contributed by atoms with Crippen LogP contribution >= 0.6 is 27.5 Å². The maximum Gasteiger partial charge on any atom is 0.256 e. The number of hydrogen-bond acceptors (Lipinski definition) is 3. The van der Waals surface area contributed by atoms with Crippen LogP contribution < -0.4 is 5.73 Å². The van der Waals surface area contributed by atoms with Gasteiger partial charge >= 0.3 is 0 Å². The van der Waals surface area contributed by atoms with Crippen LogP contribution in [0.25, 0.3) is 0 Å². The normalized spacial score (nSPS) is 20.0. The molecule has 1 atom stereocenters. The topological polar surface area (TPSA) is 78.9 Å². The zero-order valence-electron chi connectivity index (χ0n) is 10.7. The van der Waals surface area contributed by atoms with Crippen molar-refractivity contribution in [3.63, 3.8) is 0 Å². The average molecular weight is 361 g/mol. The van der Waals surface area contributed by atoms with E-state index in [4.69, 9.17) is 22.5 Å². The molecule has 0 spiro atoms. The molecule has 7 heteroatoms. The third kappa shape index (κ3) is 2.91. The van der Waals surface area contributed by atoms with Crippen molar-refractivity contribution in [2.45, 2.75) is 25.3 Å². The first-order chi connectivity index (χ1) is 9.56. The number of rotatable bonds is 2. The maximum absolute atomic E-state index is 12.6. The van der Waals surface area contributed by atoms with Crippen molar-refractivity contribution in [1.82, 2.24) is 4.90 Å². The van der Waals surface area contributed by atoms with E-state index < -0.39 is 0 Å². The van der Waals surface area contributed by atoms with E-state index in [1.54, 1.807) is 23.1 Å². The Bertz CT molecular complexity index is 550. The van der Waals surface area contributed by atoms with Gasteiger partial charge in [-0.2, -0.15) is 0 Å². The Morgan fingerprint density at radius 3 is 2.95 bits per heavy atom. The predicted molar refractivity (Wildman–Crippen MR) is 81.2 cm³/mol. The van der Waals surface area contributed by atoms with Crippen LogP contribution in [0.1, 0.15) is 29.6 Å². The lowest BCUT2D eigenvalue weighted by Crippen LogP contribution is -2.50. The van der Waals surface area contributed by atoms with Gasteiger partial charge in [0.2, 0.25) is 0 Å². The minimum absolute atomic E-state index is 0.0594. The number of benzene rings is 1. The summed E-state index contributed by atoms with van der Waals surface area (Å²) in [4.78, 5) is 14.2. The highest BCUT2D eigenvalue weighted by molar-refractivity contribution is 9.10. The smallest absolute Gasteiger partial charge is 0.256 e. The summed E-state index contributed by atoms with van der Waals surface area (Å²) in [5, 5.41) is 12.3. The summed E-state index contributed by atoms with van der Waals surface area (Å²) in [7, 11) is 0. The summed E-state index contributed by atoms with van der Waals surface area (Å²) in [6, 6.07) is 4.83. The Morgan fingerprint density at radius 1 is 1.50 bits per heavy atom. The largest absolute Gasteiger partial charge is 0.409 e. The van der Waals surface area contributed by atoms with Crippen molar-refractivity contribution in [3.05, 3.63) is 33.3 Å². The second-order valence-electron chi connectivity index (χ2n) is 4.64. The number of carbonyl (C=O) groups is 1. The summed E-state index contributed by atoms with van der Waals surface area (Å²) in [6.45, 7) is 0.572. The first kappa shape index (κ1) is 15.1. The number of carbonyl (C=O) groups excluding carboxylic acids is 1. The van der Waals surface area contributed by atoms with Crippen LogP contribution in [-0.4, -0.2) is 34.4 Å². The third-order valence-corrected chi connectivity index (χ3v) is 4.70. The van der Waals surface area contributed by atoms with E-state index in [2.05, 4.69) is 21.1 Å². The van der Waals surface area contributed by atoms with Crippen LogP contribution in [0.4, 0.5) is 0 Å². The number of oxime groups is 1. The molecule has 108 valence electrons. The molecular formula is C13H15BrClN3O2. The van der Waals surface area contributed by atoms with Crippen molar-refractivity contribution in [3.8, 4) is 0 Å². The van der Waals surface area contributed by atoms with Gasteiger partial charge in [0.25, 0.3) is 5.91 Å². The van der Waals surface area contributed by atoms with Gasteiger partial charge in [0, 0.05) is 11.0 Å². The van der Waals surface area contributed by atoms with Gasteiger partial charge in [-0.3, -0.25) is 4.79 Å². The minimum Gasteiger partial charge on any atom is -0.409 e. The van der Waals surface area contributed by atoms with Gasteiger partial charge in [-0.1, -0.05) is 22.8 Å². The van der Waals surface area contributed by atoms with Crippen LogP contribution in [-0.2, 0) is 0 Å². The molecule has 1 fully saturated rings. The molecule has 2 rings (SSSR count). The lowest BCUT2D eigenvalue weighted by atomic mass is 10.00. The lowest BCUT2D eigenvalue weighted by Gasteiger charge is -2.35. The molecular weight excluding hydrogens is 346 g/mol. The Morgan fingerprint density at radius 2 is 2.25 bits per heavy atom. The van der Waals surface area contributed by atoms with Crippen LogP contribution in [0.15, 0.2) is 27.8 Å². The second-order valence-corrected chi connectivity index (χ2v) is 5.87. The number of nitrogens with zero attached hydrogens (tertiary/aromatic N) is 2. The van der Waals surface area contributed by atoms with E-state index in [0.717, 1.165) is 12.8 Å². The van der Waals surface area contributed by atoms with Crippen molar-refractivity contribution < 1.29 is 10.0 Å². The highest BCUT2D eigenvalue weighted by Crippen LogP contribution is 2.29. The molecule has 0 radical (unpaired) electrons. The standard InChI is InChI=1S/C13H15BrClN3O2/c14-9-5-3-4-8(11(9)15)13(19)18-7-2-1-6-10(18)12(16)17-20/h3-5,10,20H,1-2,6-7H2,(H2,16,17). The molecule has 1 unspecified atom stereocenters. The molecule has 20 heavy (non-hydrogen) atoms. The molecule has 1 saturated heterocycles. The monoisotopic (exact) mass is 359 g/mol. The first-order valence-corrected chi connectivity index (χ1v) is 7.45. The van der Waals surface area contributed by atoms with E-state index in [1.165, 1.54) is 0 Å². The fourth-order valence-corrected chi connectivity index (χ4v) is 2.95. The Labute approximate surface area is 130 Å². The van der Waals surface area contributed by atoms with Gasteiger partial charge in [-0.25, -0.2) is 0 Å². The third-order valence-electron chi connectivity index (χ3n) is 3.40. The highest BCUT2D eigenvalue weighted by Gasteiger charge is 2.31. The zero-order chi connectivity index (χ0) is 14.7. The second kappa shape index (κ2) is 6.45. The summed E-state index contributed by atoms with van der Waals surface area (Å²) < 4.78 is 0.669. The van der Waals surface area contributed by atoms with E-state index in [9.17, 15) is 4.79 Å². The molecule has 1 amide bonds. The van der Waals surface area contributed by atoms with Crippen molar-refractivity contribution in [2.75, 3.05) is 6.54 Å². The first-order valence-electron chi connectivity index (χ1n) is 6.28. The molecule has 5 nitrogen and oxygen atoms in total. The van der Waals surface area contributed by atoms with Crippen molar-refractivity contribution >= 4 is 39.3 Å². The Kier molecular flexibility index (Phi) is 4.88. The van der Waals surface area contributed by atoms with E-state index >= 15 is 0 Å². The van der Waals surface area contributed by atoms with Gasteiger partial charge < -0.3 is 15.8 Å². The number of piperidine rings is 1. The lowest BCUT2D eigenvalue weighted by molar-refractivity contribution is 0.0677. The molecule has 0 aromatic heterocycles. The SMILES string of the molecule is N/C(=N/O)C1CCCCN1C(=O)c1cccc(Br)c1Cl. The molecule has 3 N–H and O–H groups in total. The summed E-state index contributed by atoms with van der Waals surface area (Å²) in [5.74, 6) is -0.142. The molecule has 0 aliphatic carbocycles. The van der Waals surface area contributed by atoms with Crippen LogP contribution in [0.3, 0.4) is 0 Å². The van der Waals surface area contributed by atoms with E-state index in [-0.39, 0.29) is 17.8 Å². The van der Waals surface area contributed by atoms with Gasteiger partial charge in [0.1, 0.15) is 0 Å². The minimum atomic E-state index is -0.378. The number of nitrogens with two attached hydrogens (primary N) is 1. The predicted octanol–water partition coefficient (Wildman–Crippen LogP) is 2.84. The van der Waals surface area contributed by atoms with E-state index in [0.29, 0.717) is 28.0 Å². The quantitative estimate of drug-likeness (QED) is 0.368. The Balaban J connectivity index is 2.32. The number of halogens is 2. The Hall–Kier alpha value is -1.27. The molecule has 0 saturated carbocycles. The van der Waals surface area contributed by atoms with Gasteiger partial charge in [0.15, 0.2) is 5.84 Å². The summed E-state index contributed by atoms with van der Waals surface area (Å²) in [6.07, 6.45) is 2.52. The number of hydrogen-bond donors (Lipinski definition) is 2. The molecule has 1 aliphatic rings. The molecule has 0 bridgehead atoms. The van der Waals surface area contributed by atoms with Gasteiger partial charge in [-0.05, 0) is 47.3 Å². The molecule has 1 aliphatic heterocycles. The average Bonchev–Trinajstić information content (AvgIpc) is 2.48. The van der Waals surface area contributed by atoms with Crippen LogP contribution in [0, 0.1) is 0 Å².